The number of halogens is 1. The summed E-state index contributed by atoms with van der Waals surface area (Å²) in [5.74, 6) is 2.23. The molecule has 3 fully saturated rings. The second-order valence-corrected chi connectivity index (χ2v) is 8.70. The highest BCUT2D eigenvalue weighted by Crippen LogP contribution is 2.23. The number of guanidine groups is 1. The van der Waals surface area contributed by atoms with Crippen LogP contribution in [0.4, 0.5) is 0 Å². The van der Waals surface area contributed by atoms with Crippen molar-refractivity contribution < 1.29 is 14.2 Å². The standard InChI is InChI=1S/C23H36N4O3.HI/c1-17-5-6-19(22(10-17)30-15-18-7-9-28-14-18)11-25-23(24-2)26-12-21-13-27-8-3-4-20(27)16-29-21;/h5-6,10,18,20-21H,3-4,7-9,11-16H2,1-2H3,(H2,24,25,26);1H. The molecule has 1 aromatic carbocycles. The van der Waals surface area contributed by atoms with Crippen LogP contribution in [0.15, 0.2) is 23.2 Å². The summed E-state index contributed by atoms with van der Waals surface area (Å²) in [7, 11) is 1.81. The second-order valence-electron chi connectivity index (χ2n) is 8.70. The van der Waals surface area contributed by atoms with Crippen LogP contribution in [0.5, 0.6) is 5.75 Å². The Labute approximate surface area is 203 Å². The molecule has 3 aliphatic rings. The fourth-order valence-corrected chi connectivity index (χ4v) is 4.48. The summed E-state index contributed by atoms with van der Waals surface area (Å²) < 4.78 is 17.7. The molecule has 3 atom stereocenters. The van der Waals surface area contributed by atoms with Crippen LogP contribution in [0.3, 0.4) is 0 Å². The first kappa shape index (κ1) is 24.5. The summed E-state index contributed by atoms with van der Waals surface area (Å²) in [5.41, 5.74) is 2.34. The first-order valence-corrected chi connectivity index (χ1v) is 11.3. The van der Waals surface area contributed by atoms with E-state index in [1.165, 1.54) is 24.9 Å². The van der Waals surface area contributed by atoms with E-state index in [9.17, 15) is 0 Å². The number of nitrogens with one attached hydrogen (secondary N) is 2. The smallest absolute Gasteiger partial charge is 0.191 e. The first-order valence-electron chi connectivity index (χ1n) is 11.3. The predicted octanol–water partition coefficient (Wildman–Crippen LogP) is 2.56. The Bertz CT molecular complexity index is 727. The van der Waals surface area contributed by atoms with Gasteiger partial charge in [0.15, 0.2) is 5.96 Å². The molecule has 3 saturated heterocycles. The lowest BCUT2D eigenvalue weighted by Crippen LogP contribution is -2.51. The van der Waals surface area contributed by atoms with Crippen LogP contribution in [-0.4, -0.2) is 76.1 Å². The average molecular weight is 544 g/mol. The monoisotopic (exact) mass is 544 g/mol. The number of rotatable bonds is 7. The average Bonchev–Trinajstić information content (AvgIpc) is 3.45. The third kappa shape index (κ3) is 6.94. The minimum atomic E-state index is 0. The molecule has 0 bridgehead atoms. The van der Waals surface area contributed by atoms with Crippen molar-refractivity contribution in [2.75, 3.05) is 53.1 Å². The Kier molecular flexibility index (Phi) is 9.68. The van der Waals surface area contributed by atoms with Crippen LogP contribution in [0.25, 0.3) is 0 Å². The van der Waals surface area contributed by atoms with Crippen molar-refractivity contribution in [3.05, 3.63) is 29.3 Å². The van der Waals surface area contributed by atoms with E-state index in [1.807, 2.05) is 0 Å². The van der Waals surface area contributed by atoms with Crippen molar-refractivity contribution in [3.8, 4) is 5.75 Å². The summed E-state index contributed by atoms with van der Waals surface area (Å²) in [6, 6.07) is 7.01. The van der Waals surface area contributed by atoms with Crippen LogP contribution in [0.2, 0.25) is 0 Å². The molecule has 31 heavy (non-hydrogen) atoms. The molecule has 0 aliphatic carbocycles. The molecule has 174 valence electrons. The van der Waals surface area contributed by atoms with Gasteiger partial charge in [0, 0.05) is 50.8 Å². The third-order valence-electron chi connectivity index (χ3n) is 6.35. The highest BCUT2D eigenvalue weighted by molar-refractivity contribution is 14.0. The Hall–Kier alpha value is -1.10. The van der Waals surface area contributed by atoms with Gasteiger partial charge in [-0.3, -0.25) is 9.89 Å². The number of hydrogen-bond acceptors (Lipinski definition) is 5. The van der Waals surface area contributed by atoms with E-state index in [4.69, 9.17) is 14.2 Å². The maximum absolute atomic E-state index is 6.16. The fraction of sp³-hybridized carbons (Fsp3) is 0.696. The summed E-state index contributed by atoms with van der Waals surface area (Å²) >= 11 is 0. The molecule has 0 amide bonds. The van der Waals surface area contributed by atoms with Gasteiger partial charge >= 0.3 is 0 Å². The fourth-order valence-electron chi connectivity index (χ4n) is 4.48. The van der Waals surface area contributed by atoms with Gasteiger partial charge in [0.1, 0.15) is 5.75 Å². The molecule has 0 saturated carbocycles. The summed E-state index contributed by atoms with van der Waals surface area (Å²) in [4.78, 5) is 6.94. The van der Waals surface area contributed by atoms with E-state index in [0.29, 0.717) is 25.1 Å². The van der Waals surface area contributed by atoms with Gasteiger partial charge in [-0.15, -0.1) is 24.0 Å². The Morgan fingerprint density at radius 2 is 2.16 bits per heavy atom. The van der Waals surface area contributed by atoms with Crippen LogP contribution >= 0.6 is 24.0 Å². The van der Waals surface area contributed by atoms with Crippen LogP contribution in [-0.2, 0) is 16.0 Å². The second kappa shape index (κ2) is 12.2. The van der Waals surface area contributed by atoms with Crippen molar-refractivity contribution in [1.29, 1.82) is 0 Å². The molecule has 3 aliphatic heterocycles. The molecule has 0 aromatic heterocycles. The quantitative estimate of drug-likeness (QED) is 0.313. The van der Waals surface area contributed by atoms with Crippen molar-refractivity contribution in [3.63, 3.8) is 0 Å². The van der Waals surface area contributed by atoms with Gasteiger partial charge < -0.3 is 24.8 Å². The Morgan fingerprint density at radius 3 is 2.97 bits per heavy atom. The van der Waals surface area contributed by atoms with E-state index in [2.05, 4.69) is 45.6 Å². The normalized spacial score (nSPS) is 26.3. The number of ether oxygens (including phenoxy) is 3. The predicted molar refractivity (Wildman–Crippen MR) is 134 cm³/mol. The molecule has 3 heterocycles. The number of benzene rings is 1. The van der Waals surface area contributed by atoms with Gasteiger partial charge in [0.25, 0.3) is 0 Å². The van der Waals surface area contributed by atoms with E-state index < -0.39 is 0 Å². The van der Waals surface area contributed by atoms with Crippen LogP contribution in [0.1, 0.15) is 30.4 Å². The summed E-state index contributed by atoms with van der Waals surface area (Å²) in [5, 5.41) is 6.85. The molecular weight excluding hydrogens is 507 g/mol. The zero-order valence-electron chi connectivity index (χ0n) is 18.8. The van der Waals surface area contributed by atoms with Crippen molar-refractivity contribution in [1.82, 2.24) is 15.5 Å². The number of aliphatic imine (C=N–C) groups is 1. The molecule has 0 radical (unpaired) electrons. The van der Waals surface area contributed by atoms with E-state index >= 15 is 0 Å². The maximum Gasteiger partial charge on any atom is 0.191 e. The molecule has 0 spiro atoms. The lowest BCUT2D eigenvalue weighted by atomic mass is 10.1. The van der Waals surface area contributed by atoms with Crippen molar-refractivity contribution in [2.45, 2.75) is 44.9 Å². The largest absolute Gasteiger partial charge is 0.493 e. The highest BCUT2D eigenvalue weighted by Gasteiger charge is 2.32. The van der Waals surface area contributed by atoms with Crippen LogP contribution < -0.4 is 15.4 Å². The summed E-state index contributed by atoms with van der Waals surface area (Å²) in [6.45, 7) is 8.96. The first-order chi connectivity index (χ1) is 14.7. The van der Waals surface area contributed by atoms with Gasteiger partial charge in [-0.05, 0) is 44.4 Å². The van der Waals surface area contributed by atoms with E-state index in [0.717, 1.165) is 56.6 Å². The zero-order valence-corrected chi connectivity index (χ0v) is 21.1. The van der Waals surface area contributed by atoms with Gasteiger partial charge in [0.05, 0.1) is 25.9 Å². The number of fused-ring (bicyclic) bond motifs is 1. The summed E-state index contributed by atoms with van der Waals surface area (Å²) in [6.07, 6.45) is 3.87. The number of hydrogen-bond donors (Lipinski definition) is 2. The molecule has 2 N–H and O–H groups in total. The molecule has 4 rings (SSSR count). The van der Waals surface area contributed by atoms with Gasteiger partial charge in [-0.2, -0.15) is 0 Å². The Morgan fingerprint density at radius 1 is 1.26 bits per heavy atom. The number of nitrogens with zero attached hydrogens (tertiary/aromatic N) is 2. The SMILES string of the molecule is CN=C(NCc1ccc(C)cc1OCC1CCOC1)NCC1CN2CCCC2CO1.I. The minimum absolute atomic E-state index is 0. The van der Waals surface area contributed by atoms with E-state index in [-0.39, 0.29) is 30.1 Å². The van der Waals surface area contributed by atoms with E-state index in [1.54, 1.807) is 7.05 Å². The lowest BCUT2D eigenvalue weighted by Gasteiger charge is -2.35. The topological polar surface area (TPSA) is 67.4 Å². The molecule has 8 heteroatoms. The number of morpholine rings is 1. The highest BCUT2D eigenvalue weighted by atomic mass is 127. The Balaban J connectivity index is 0.00000272. The minimum Gasteiger partial charge on any atom is -0.493 e. The molecule has 1 aromatic rings. The molecular formula is C23H37IN4O3. The van der Waals surface area contributed by atoms with Crippen LogP contribution in [0, 0.1) is 12.8 Å². The van der Waals surface area contributed by atoms with Gasteiger partial charge in [0.2, 0.25) is 0 Å². The van der Waals surface area contributed by atoms with Gasteiger partial charge in [-0.25, -0.2) is 0 Å². The zero-order chi connectivity index (χ0) is 20.8. The van der Waals surface area contributed by atoms with Gasteiger partial charge in [-0.1, -0.05) is 12.1 Å². The maximum atomic E-state index is 6.16. The lowest BCUT2D eigenvalue weighted by molar-refractivity contribution is -0.0453. The van der Waals surface area contributed by atoms with Crippen molar-refractivity contribution in [2.24, 2.45) is 10.9 Å². The third-order valence-corrected chi connectivity index (χ3v) is 6.35. The number of aryl methyl sites for hydroxylation is 1. The van der Waals surface area contributed by atoms with Crippen molar-refractivity contribution >= 4 is 29.9 Å². The molecule has 3 unspecified atom stereocenters. The molecule has 7 nitrogen and oxygen atoms in total.